The Morgan fingerprint density at radius 2 is 2.44 bits per heavy atom. The Bertz CT molecular complexity index is 309. The van der Waals surface area contributed by atoms with Gasteiger partial charge in [0.1, 0.15) is 0 Å². The van der Waals surface area contributed by atoms with Gasteiger partial charge in [-0.2, -0.15) is 0 Å². The second kappa shape index (κ2) is 6.84. The maximum atomic E-state index is 8.45. The van der Waals surface area contributed by atoms with E-state index in [-0.39, 0.29) is 11.9 Å². The molecule has 1 unspecified atom stereocenters. The van der Waals surface area contributed by atoms with Crippen molar-refractivity contribution in [3.8, 4) is 0 Å². The van der Waals surface area contributed by atoms with Crippen LogP contribution < -0.4 is 11.1 Å². The molecule has 0 spiro atoms. The van der Waals surface area contributed by atoms with E-state index in [1.807, 2.05) is 24.0 Å². The molecule has 0 aliphatic rings. The standard InChI is InChI=1S/C10H19N5O/c1-9(10(11)14-16)13-4-2-3-6-15-7-5-12-8-15/h5,7-9,13,16H,2-4,6H2,1H3,(H2,11,14). The van der Waals surface area contributed by atoms with Crippen LogP contribution in [0.15, 0.2) is 23.9 Å². The summed E-state index contributed by atoms with van der Waals surface area (Å²) in [6.07, 6.45) is 7.66. The molecule has 0 radical (unpaired) electrons. The number of rotatable bonds is 7. The van der Waals surface area contributed by atoms with Crippen molar-refractivity contribution in [2.45, 2.75) is 32.4 Å². The van der Waals surface area contributed by atoms with Crippen LogP contribution in [0.1, 0.15) is 19.8 Å². The van der Waals surface area contributed by atoms with Gasteiger partial charge < -0.3 is 20.8 Å². The minimum Gasteiger partial charge on any atom is -0.409 e. The number of oxime groups is 1. The highest BCUT2D eigenvalue weighted by molar-refractivity contribution is 5.84. The molecule has 0 aromatic carbocycles. The first kappa shape index (κ1) is 12.5. The molecule has 0 amide bonds. The molecule has 1 rings (SSSR count). The van der Waals surface area contributed by atoms with Gasteiger partial charge in [-0.1, -0.05) is 5.16 Å². The molecular formula is C10H19N5O. The van der Waals surface area contributed by atoms with Gasteiger partial charge in [0.2, 0.25) is 0 Å². The highest BCUT2D eigenvalue weighted by Gasteiger charge is 2.04. The van der Waals surface area contributed by atoms with Gasteiger partial charge in [-0.15, -0.1) is 0 Å². The largest absolute Gasteiger partial charge is 0.409 e. The highest BCUT2D eigenvalue weighted by Crippen LogP contribution is 1.94. The molecule has 6 heteroatoms. The SMILES string of the molecule is CC(NCCCCn1ccnc1)C(N)=NO. The number of aryl methyl sites for hydroxylation is 1. The molecule has 0 saturated carbocycles. The van der Waals surface area contributed by atoms with Crippen LogP contribution >= 0.6 is 0 Å². The normalized spacial score (nSPS) is 13.9. The number of nitrogens with one attached hydrogen (secondary N) is 1. The Hall–Kier alpha value is -1.56. The molecule has 0 aliphatic carbocycles. The summed E-state index contributed by atoms with van der Waals surface area (Å²) >= 11 is 0. The average molecular weight is 225 g/mol. The van der Waals surface area contributed by atoms with Gasteiger partial charge >= 0.3 is 0 Å². The lowest BCUT2D eigenvalue weighted by Crippen LogP contribution is -2.39. The number of hydrogen-bond acceptors (Lipinski definition) is 4. The van der Waals surface area contributed by atoms with Crippen LogP contribution in [-0.2, 0) is 6.54 Å². The van der Waals surface area contributed by atoms with Gasteiger partial charge in [-0.25, -0.2) is 4.98 Å². The van der Waals surface area contributed by atoms with Gasteiger partial charge in [0.05, 0.1) is 12.4 Å². The smallest absolute Gasteiger partial charge is 0.156 e. The van der Waals surface area contributed by atoms with Crippen LogP contribution in [0.2, 0.25) is 0 Å². The number of imidazole rings is 1. The van der Waals surface area contributed by atoms with E-state index in [4.69, 9.17) is 10.9 Å². The van der Waals surface area contributed by atoms with Gasteiger partial charge in [0, 0.05) is 18.9 Å². The average Bonchev–Trinajstić information content (AvgIpc) is 2.80. The fourth-order valence-electron chi connectivity index (χ4n) is 1.35. The summed E-state index contributed by atoms with van der Waals surface area (Å²) in [7, 11) is 0. The fraction of sp³-hybridized carbons (Fsp3) is 0.600. The van der Waals surface area contributed by atoms with Gasteiger partial charge in [0.15, 0.2) is 5.84 Å². The lowest BCUT2D eigenvalue weighted by molar-refractivity contribution is 0.315. The van der Waals surface area contributed by atoms with E-state index >= 15 is 0 Å². The zero-order valence-electron chi connectivity index (χ0n) is 9.50. The lowest BCUT2D eigenvalue weighted by Gasteiger charge is -2.11. The molecule has 1 heterocycles. The van der Waals surface area contributed by atoms with Crippen molar-refractivity contribution in [3.05, 3.63) is 18.7 Å². The second-order valence-electron chi connectivity index (χ2n) is 3.71. The second-order valence-corrected chi connectivity index (χ2v) is 3.71. The van der Waals surface area contributed by atoms with Gasteiger partial charge in [0.25, 0.3) is 0 Å². The number of aromatic nitrogens is 2. The Balaban J connectivity index is 2.04. The van der Waals surface area contributed by atoms with E-state index < -0.39 is 0 Å². The molecule has 1 aromatic heterocycles. The molecule has 0 bridgehead atoms. The first-order valence-corrected chi connectivity index (χ1v) is 5.40. The fourth-order valence-corrected chi connectivity index (χ4v) is 1.35. The number of nitrogens with zero attached hydrogens (tertiary/aromatic N) is 3. The maximum absolute atomic E-state index is 8.45. The van der Waals surface area contributed by atoms with E-state index in [2.05, 4.69) is 15.5 Å². The van der Waals surface area contributed by atoms with Crippen LogP contribution in [0.3, 0.4) is 0 Å². The monoisotopic (exact) mass is 225 g/mol. The molecule has 0 fully saturated rings. The van der Waals surface area contributed by atoms with Crippen molar-refractivity contribution in [2.24, 2.45) is 10.9 Å². The lowest BCUT2D eigenvalue weighted by atomic mass is 10.2. The maximum Gasteiger partial charge on any atom is 0.156 e. The van der Waals surface area contributed by atoms with Crippen molar-refractivity contribution in [3.63, 3.8) is 0 Å². The first-order valence-electron chi connectivity index (χ1n) is 5.40. The van der Waals surface area contributed by atoms with Crippen molar-refractivity contribution < 1.29 is 5.21 Å². The Labute approximate surface area is 95.2 Å². The third-order valence-corrected chi connectivity index (χ3v) is 2.41. The first-order chi connectivity index (χ1) is 7.74. The van der Waals surface area contributed by atoms with Crippen molar-refractivity contribution >= 4 is 5.84 Å². The minimum absolute atomic E-state index is 0.0850. The van der Waals surface area contributed by atoms with E-state index in [1.54, 1.807) is 6.20 Å². The summed E-state index contributed by atoms with van der Waals surface area (Å²) in [5.41, 5.74) is 5.43. The van der Waals surface area contributed by atoms with Crippen LogP contribution in [-0.4, -0.2) is 33.2 Å². The molecule has 4 N–H and O–H groups in total. The van der Waals surface area contributed by atoms with Crippen LogP contribution in [0.5, 0.6) is 0 Å². The van der Waals surface area contributed by atoms with Crippen molar-refractivity contribution in [1.29, 1.82) is 0 Å². The zero-order valence-corrected chi connectivity index (χ0v) is 9.50. The van der Waals surface area contributed by atoms with Gasteiger partial charge in [-0.05, 0) is 26.3 Å². The van der Waals surface area contributed by atoms with E-state index in [0.717, 1.165) is 25.9 Å². The minimum atomic E-state index is -0.0850. The number of nitrogens with two attached hydrogens (primary N) is 1. The number of amidine groups is 1. The molecule has 90 valence electrons. The molecule has 0 aliphatic heterocycles. The van der Waals surface area contributed by atoms with E-state index in [9.17, 15) is 0 Å². The topological polar surface area (TPSA) is 88.5 Å². The van der Waals surface area contributed by atoms with Crippen LogP contribution in [0.4, 0.5) is 0 Å². The van der Waals surface area contributed by atoms with Gasteiger partial charge in [-0.3, -0.25) is 0 Å². The van der Waals surface area contributed by atoms with Crippen LogP contribution in [0, 0.1) is 0 Å². The van der Waals surface area contributed by atoms with Crippen LogP contribution in [0.25, 0.3) is 0 Å². The van der Waals surface area contributed by atoms with Crippen molar-refractivity contribution in [1.82, 2.24) is 14.9 Å². The van der Waals surface area contributed by atoms with E-state index in [0.29, 0.717) is 0 Å². The summed E-state index contributed by atoms with van der Waals surface area (Å²) < 4.78 is 2.05. The summed E-state index contributed by atoms with van der Waals surface area (Å²) in [5, 5.41) is 14.6. The number of hydrogen-bond donors (Lipinski definition) is 3. The number of unbranched alkanes of at least 4 members (excludes halogenated alkanes) is 1. The van der Waals surface area contributed by atoms with Crippen molar-refractivity contribution in [2.75, 3.05) is 6.54 Å². The molecule has 0 saturated heterocycles. The summed E-state index contributed by atoms with van der Waals surface area (Å²) in [6, 6.07) is -0.0850. The third kappa shape index (κ3) is 4.31. The summed E-state index contributed by atoms with van der Waals surface area (Å²) in [6.45, 7) is 3.69. The predicted molar refractivity (Wildman–Crippen MR) is 62.3 cm³/mol. The quantitative estimate of drug-likeness (QED) is 0.206. The molecule has 6 nitrogen and oxygen atoms in total. The summed E-state index contributed by atoms with van der Waals surface area (Å²) in [4.78, 5) is 3.97. The Morgan fingerprint density at radius 1 is 1.62 bits per heavy atom. The Morgan fingerprint density at radius 3 is 3.06 bits per heavy atom. The zero-order chi connectivity index (χ0) is 11.8. The Kier molecular flexibility index (Phi) is 5.35. The summed E-state index contributed by atoms with van der Waals surface area (Å²) in [5.74, 6) is 0.217. The van der Waals surface area contributed by atoms with E-state index in [1.165, 1.54) is 0 Å². The predicted octanol–water partition coefficient (Wildman–Crippen LogP) is 0.388. The third-order valence-electron chi connectivity index (χ3n) is 2.41. The molecule has 1 atom stereocenters. The molecular weight excluding hydrogens is 206 g/mol. The molecule has 1 aromatic rings. The molecule has 16 heavy (non-hydrogen) atoms. The highest BCUT2D eigenvalue weighted by atomic mass is 16.4.